The molecule has 8 rings (SSSR count). The van der Waals surface area contributed by atoms with E-state index in [9.17, 15) is 0 Å². The summed E-state index contributed by atoms with van der Waals surface area (Å²) in [6.07, 6.45) is 0. The molecule has 0 bridgehead atoms. The summed E-state index contributed by atoms with van der Waals surface area (Å²) >= 11 is 1.80. The Kier molecular flexibility index (Phi) is 6.32. The Morgan fingerprint density at radius 1 is 0.349 bits per heavy atom. The first kappa shape index (κ1) is 25.3. The molecular weight excluding hydrogens is 543 g/mol. The molecule has 0 atom stereocenters. The highest BCUT2D eigenvalue weighted by molar-refractivity contribution is 7.25. The fourth-order valence-corrected chi connectivity index (χ4v) is 6.76. The van der Waals surface area contributed by atoms with Crippen LogP contribution < -0.4 is 0 Å². The van der Waals surface area contributed by atoms with E-state index in [1.807, 2.05) is 36.4 Å². The molecule has 43 heavy (non-hydrogen) atoms. The number of nitrogens with zero attached hydrogens (tertiary/aromatic N) is 3. The largest absolute Gasteiger partial charge is 0.208 e. The monoisotopic (exact) mass is 567 g/mol. The smallest absolute Gasteiger partial charge is 0.164 e. The van der Waals surface area contributed by atoms with Crippen LogP contribution in [0.2, 0.25) is 0 Å². The van der Waals surface area contributed by atoms with E-state index in [1.54, 1.807) is 11.3 Å². The Morgan fingerprint density at radius 2 is 0.837 bits per heavy atom. The number of hydrogen-bond donors (Lipinski definition) is 0. The van der Waals surface area contributed by atoms with Crippen molar-refractivity contribution < 1.29 is 0 Å². The van der Waals surface area contributed by atoms with Gasteiger partial charge < -0.3 is 0 Å². The van der Waals surface area contributed by atoms with Gasteiger partial charge in [0, 0.05) is 36.9 Å². The average Bonchev–Trinajstić information content (AvgIpc) is 3.48. The quantitative estimate of drug-likeness (QED) is 0.208. The van der Waals surface area contributed by atoms with Crippen LogP contribution in [0.1, 0.15) is 0 Å². The molecule has 8 aromatic rings. The minimum atomic E-state index is 0.657. The molecule has 0 saturated heterocycles. The molecule has 0 radical (unpaired) electrons. The van der Waals surface area contributed by atoms with Gasteiger partial charge >= 0.3 is 0 Å². The van der Waals surface area contributed by atoms with Gasteiger partial charge in [0.05, 0.1) is 0 Å². The van der Waals surface area contributed by atoms with Gasteiger partial charge in [-0.15, -0.1) is 11.3 Å². The molecule has 0 amide bonds. The maximum absolute atomic E-state index is 5.07. The molecule has 0 fully saturated rings. The zero-order valence-corrected chi connectivity index (χ0v) is 24.0. The Balaban J connectivity index is 1.24. The van der Waals surface area contributed by atoms with Crippen molar-refractivity contribution in [2.24, 2.45) is 0 Å². The Bertz CT molecular complexity index is 2220. The number of fused-ring (bicyclic) bond motifs is 3. The second-order valence-electron chi connectivity index (χ2n) is 10.5. The van der Waals surface area contributed by atoms with Crippen molar-refractivity contribution in [3.8, 4) is 56.4 Å². The standard InChI is InChI=1S/C39H25N3S/c1-3-11-26(12-4-1)30-15-9-16-31(25-30)27-21-23-29(24-22-27)38-40-37(28-13-5-2-6-14-28)41-39(42-38)33-18-10-20-35-36(33)32-17-7-8-19-34(32)43-35/h1-25H. The van der Waals surface area contributed by atoms with E-state index in [4.69, 9.17) is 15.0 Å². The zero-order chi connectivity index (χ0) is 28.6. The van der Waals surface area contributed by atoms with E-state index in [0.29, 0.717) is 17.5 Å². The summed E-state index contributed by atoms with van der Waals surface area (Å²) in [6.45, 7) is 0. The highest BCUT2D eigenvalue weighted by Crippen LogP contribution is 2.39. The maximum atomic E-state index is 5.07. The highest BCUT2D eigenvalue weighted by Gasteiger charge is 2.17. The van der Waals surface area contributed by atoms with Gasteiger partial charge in [-0.1, -0.05) is 133 Å². The third-order valence-corrected chi connectivity index (χ3v) is 8.89. The topological polar surface area (TPSA) is 38.7 Å². The fourth-order valence-electron chi connectivity index (χ4n) is 5.62. The molecule has 6 aromatic carbocycles. The molecule has 4 heteroatoms. The minimum absolute atomic E-state index is 0.657. The molecule has 202 valence electrons. The predicted molar refractivity (Wildman–Crippen MR) is 180 cm³/mol. The van der Waals surface area contributed by atoms with Crippen molar-refractivity contribution in [2.75, 3.05) is 0 Å². The number of aromatic nitrogens is 3. The van der Waals surface area contributed by atoms with Crippen molar-refractivity contribution in [1.82, 2.24) is 15.0 Å². The second kappa shape index (κ2) is 10.8. The molecule has 0 aliphatic heterocycles. The minimum Gasteiger partial charge on any atom is -0.208 e. The van der Waals surface area contributed by atoms with Crippen molar-refractivity contribution in [3.05, 3.63) is 152 Å². The van der Waals surface area contributed by atoms with Crippen molar-refractivity contribution >= 4 is 31.5 Å². The number of rotatable bonds is 5. The summed E-state index contributed by atoms with van der Waals surface area (Å²) < 4.78 is 2.48. The van der Waals surface area contributed by atoms with Crippen LogP contribution in [0.15, 0.2) is 152 Å². The normalized spacial score (nSPS) is 11.3. The lowest BCUT2D eigenvalue weighted by Crippen LogP contribution is -2.00. The SMILES string of the molecule is c1ccc(-c2cccc(-c3ccc(-c4nc(-c5ccccc5)nc(-c5cccc6sc7ccccc7c56)n4)cc3)c2)cc1. The lowest BCUT2D eigenvalue weighted by Gasteiger charge is -2.10. The zero-order valence-electron chi connectivity index (χ0n) is 23.2. The van der Waals surface area contributed by atoms with Crippen molar-refractivity contribution in [1.29, 1.82) is 0 Å². The molecule has 0 N–H and O–H groups in total. The van der Waals surface area contributed by atoms with Crippen LogP contribution in [-0.4, -0.2) is 15.0 Å². The Labute approximate surface area is 253 Å². The van der Waals surface area contributed by atoms with Crippen LogP contribution in [0.5, 0.6) is 0 Å². The summed E-state index contributed by atoms with van der Waals surface area (Å²) in [5, 5.41) is 2.41. The first-order valence-corrected chi connectivity index (χ1v) is 15.1. The molecule has 0 aliphatic rings. The lowest BCUT2D eigenvalue weighted by atomic mass is 9.98. The molecule has 0 spiro atoms. The van der Waals surface area contributed by atoms with Gasteiger partial charge in [0.25, 0.3) is 0 Å². The van der Waals surface area contributed by atoms with Gasteiger partial charge in [-0.3, -0.25) is 0 Å². The molecule has 0 saturated carbocycles. The highest BCUT2D eigenvalue weighted by atomic mass is 32.1. The van der Waals surface area contributed by atoms with E-state index in [1.165, 1.54) is 36.9 Å². The summed E-state index contributed by atoms with van der Waals surface area (Å²) in [6, 6.07) is 52.7. The molecule has 3 nitrogen and oxygen atoms in total. The first-order chi connectivity index (χ1) is 21.3. The van der Waals surface area contributed by atoms with Gasteiger partial charge in [0.15, 0.2) is 17.5 Å². The predicted octanol–water partition coefficient (Wildman–Crippen LogP) is 10.6. The average molecular weight is 568 g/mol. The van der Waals surface area contributed by atoms with Crippen LogP contribution in [0.3, 0.4) is 0 Å². The third kappa shape index (κ3) is 4.78. The molecule has 0 aliphatic carbocycles. The van der Waals surface area contributed by atoms with E-state index in [-0.39, 0.29) is 0 Å². The van der Waals surface area contributed by atoms with Gasteiger partial charge in [-0.2, -0.15) is 0 Å². The lowest BCUT2D eigenvalue weighted by molar-refractivity contribution is 1.08. The van der Waals surface area contributed by atoms with E-state index >= 15 is 0 Å². The van der Waals surface area contributed by atoms with Gasteiger partial charge in [0.1, 0.15) is 0 Å². The fraction of sp³-hybridized carbons (Fsp3) is 0. The van der Waals surface area contributed by atoms with Crippen LogP contribution in [0.4, 0.5) is 0 Å². The van der Waals surface area contributed by atoms with E-state index in [0.717, 1.165) is 22.3 Å². The number of hydrogen-bond acceptors (Lipinski definition) is 4. The van der Waals surface area contributed by atoms with Crippen LogP contribution in [-0.2, 0) is 0 Å². The van der Waals surface area contributed by atoms with Gasteiger partial charge in [-0.25, -0.2) is 15.0 Å². The second-order valence-corrected chi connectivity index (χ2v) is 11.6. The van der Waals surface area contributed by atoms with Crippen molar-refractivity contribution in [2.45, 2.75) is 0 Å². The third-order valence-electron chi connectivity index (χ3n) is 7.76. The van der Waals surface area contributed by atoms with Crippen LogP contribution in [0, 0.1) is 0 Å². The van der Waals surface area contributed by atoms with E-state index < -0.39 is 0 Å². The van der Waals surface area contributed by atoms with Gasteiger partial charge in [0.2, 0.25) is 0 Å². The molecule has 2 aromatic heterocycles. The molecular formula is C39H25N3S. The van der Waals surface area contributed by atoms with Crippen LogP contribution in [0.25, 0.3) is 76.6 Å². The van der Waals surface area contributed by atoms with E-state index in [2.05, 4.69) is 115 Å². The summed E-state index contributed by atoms with van der Waals surface area (Å²) in [7, 11) is 0. The van der Waals surface area contributed by atoms with Gasteiger partial charge in [-0.05, 0) is 40.5 Å². The number of thiophene rings is 1. The summed E-state index contributed by atoms with van der Waals surface area (Å²) in [4.78, 5) is 15.1. The van der Waals surface area contributed by atoms with Crippen molar-refractivity contribution in [3.63, 3.8) is 0 Å². The Morgan fingerprint density at radius 3 is 1.56 bits per heavy atom. The molecule has 2 heterocycles. The Hall–Kier alpha value is -5.45. The molecule has 0 unspecified atom stereocenters. The first-order valence-electron chi connectivity index (χ1n) is 14.3. The maximum Gasteiger partial charge on any atom is 0.164 e. The number of benzene rings is 6. The van der Waals surface area contributed by atoms with Crippen LogP contribution >= 0.6 is 11.3 Å². The summed E-state index contributed by atoms with van der Waals surface area (Å²) in [5.41, 5.74) is 7.66. The summed E-state index contributed by atoms with van der Waals surface area (Å²) in [5.74, 6) is 2.00.